The standard InChI is InChI=1S/C23H29N3O3.ClH/c1-29-21-9-8-20(18-6-2-3-7-19(18)21)23(28)26-13-10-16(11-14-26)22(27)25-17-5-4-12-24-15-17;/h2-3,6-9,16-17,24H,4-5,10-15H2,1H3,(H,25,27);1H/t17-;/m0./s1. The number of carbonyl (C=O) groups excluding carboxylic acids is 2. The molecular weight excluding hydrogens is 402 g/mol. The first kappa shape index (κ1) is 22.4. The number of piperidine rings is 2. The number of ether oxygens (including phenoxy) is 1. The highest BCUT2D eigenvalue weighted by molar-refractivity contribution is 6.08. The summed E-state index contributed by atoms with van der Waals surface area (Å²) in [4.78, 5) is 27.7. The fourth-order valence-corrected chi connectivity index (χ4v) is 4.45. The molecular formula is C23H30ClN3O3. The van der Waals surface area contributed by atoms with Gasteiger partial charge in [-0.1, -0.05) is 24.3 Å². The fraction of sp³-hybridized carbons (Fsp3) is 0.478. The Balaban J connectivity index is 0.00000256. The number of methoxy groups -OCH3 is 1. The van der Waals surface area contributed by atoms with Crippen LogP contribution in [0.1, 0.15) is 36.0 Å². The number of likely N-dealkylation sites (tertiary alicyclic amines) is 1. The molecule has 6 nitrogen and oxygen atoms in total. The molecule has 2 aromatic carbocycles. The average molecular weight is 432 g/mol. The minimum absolute atomic E-state index is 0. The minimum atomic E-state index is -0.00594. The Labute approximate surface area is 183 Å². The molecule has 4 rings (SSSR count). The highest BCUT2D eigenvalue weighted by atomic mass is 35.5. The molecule has 7 heteroatoms. The quantitative estimate of drug-likeness (QED) is 0.780. The van der Waals surface area contributed by atoms with Crippen molar-refractivity contribution in [3.63, 3.8) is 0 Å². The molecule has 2 aliphatic heterocycles. The monoisotopic (exact) mass is 431 g/mol. The van der Waals surface area contributed by atoms with Crippen molar-refractivity contribution >= 4 is 35.0 Å². The van der Waals surface area contributed by atoms with Crippen LogP contribution in [-0.2, 0) is 4.79 Å². The Morgan fingerprint density at radius 1 is 1.07 bits per heavy atom. The second-order valence-electron chi connectivity index (χ2n) is 7.98. The smallest absolute Gasteiger partial charge is 0.254 e. The zero-order valence-corrected chi connectivity index (χ0v) is 18.2. The van der Waals surface area contributed by atoms with Gasteiger partial charge < -0.3 is 20.3 Å². The topological polar surface area (TPSA) is 70.7 Å². The maximum Gasteiger partial charge on any atom is 0.254 e. The molecule has 2 aromatic rings. The van der Waals surface area contributed by atoms with Gasteiger partial charge in [0.15, 0.2) is 0 Å². The molecule has 2 fully saturated rings. The summed E-state index contributed by atoms with van der Waals surface area (Å²) in [6, 6.07) is 11.8. The Hall–Kier alpha value is -2.31. The SMILES string of the molecule is COc1ccc(C(=O)N2CCC(C(=O)N[C@H]3CCCNC3)CC2)c2ccccc12.Cl. The summed E-state index contributed by atoms with van der Waals surface area (Å²) < 4.78 is 5.44. The number of hydrogen-bond donors (Lipinski definition) is 2. The van der Waals surface area contributed by atoms with Crippen molar-refractivity contribution in [2.24, 2.45) is 5.92 Å². The van der Waals surface area contributed by atoms with E-state index in [-0.39, 0.29) is 36.2 Å². The number of fused-ring (bicyclic) bond motifs is 1. The molecule has 162 valence electrons. The summed E-state index contributed by atoms with van der Waals surface area (Å²) in [6.45, 7) is 3.11. The summed E-state index contributed by atoms with van der Waals surface area (Å²) in [5.74, 6) is 0.929. The van der Waals surface area contributed by atoms with Gasteiger partial charge in [-0.05, 0) is 49.7 Å². The minimum Gasteiger partial charge on any atom is -0.496 e. The highest BCUT2D eigenvalue weighted by Crippen LogP contribution is 2.30. The van der Waals surface area contributed by atoms with E-state index >= 15 is 0 Å². The lowest BCUT2D eigenvalue weighted by Crippen LogP contribution is -2.49. The van der Waals surface area contributed by atoms with Crippen LogP contribution in [0.25, 0.3) is 10.8 Å². The molecule has 0 saturated carbocycles. The predicted molar refractivity (Wildman–Crippen MR) is 120 cm³/mol. The van der Waals surface area contributed by atoms with E-state index in [1.165, 1.54) is 0 Å². The highest BCUT2D eigenvalue weighted by Gasteiger charge is 2.29. The number of nitrogens with zero attached hydrogens (tertiary/aromatic N) is 1. The van der Waals surface area contributed by atoms with Gasteiger partial charge in [-0.15, -0.1) is 12.4 Å². The maximum atomic E-state index is 13.2. The molecule has 2 aliphatic rings. The first-order chi connectivity index (χ1) is 14.2. The molecule has 0 radical (unpaired) electrons. The Kier molecular flexibility index (Phi) is 7.56. The van der Waals surface area contributed by atoms with Gasteiger partial charge >= 0.3 is 0 Å². The Bertz CT molecular complexity index is 890. The lowest BCUT2D eigenvalue weighted by Gasteiger charge is -2.33. The molecule has 0 aromatic heterocycles. The summed E-state index contributed by atoms with van der Waals surface area (Å²) >= 11 is 0. The number of carbonyl (C=O) groups is 2. The van der Waals surface area contributed by atoms with Crippen LogP contribution in [-0.4, -0.2) is 56.0 Å². The maximum absolute atomic E-state index is 13.2. The number of rotatable bonds is 4. The summed E-state index contributed by atoms with van der Waals surface area (Å²) in [5.41, 5.74) is 0.692. The van der Waals surface area contributed by atoms with Crippen LogP contribution in [0.15, 0.2) is 36.4 Å². The largest absolute Gasteiger partial charge is 0.496 e. The van der Waals surface area contributed by atoms with Gasteiger partial charge in [0, 0.05) is 42.5 Å². The van der Waals surface area contributed by atoms with E-state index in [2.05, 4.69) is 10.6 Å². The number of amides is 2. The molecule has 30 heavy (non-hydrogen) atoms. The third-order valence-electron chi connectivity index (χ3n) is 6.13. The molecule has 1 atom stereocenters. The normalized spacial score (nSPS) is 19.8. The second-order valence-corrected chi connectivity index (χ2v) is 7.98. The Morgan fingerprint density at radius 3 is 2.47 bits per heavy atom. The van der Waals surface area contributed by atoms with Crippen molar-refractivity contribution in [3.8, 4) is 5.75 Å². The van der Waals surface area contributed by atoms with Crippen LogP contribution in [0.3, 0.4) is 0 Å². The van der Waals surface area contributed by atoms with E-state index in [1.54, 1.807) is 7.11 Å². The van der Waals surface area contributed by atoms with Crippen LogP contribution in [0.2, 0.25) is 0 Å². The van der Waals surface area contributed by atoms with E-state index in [9.17, 15) is 9.59 Å². The van der Waals surface area contributed by atoms with Crippen molar-refractivity contribution < 1.29 is 14.3 Å². The number of hydrogen-bond acceptors (Lipinski definition) is 4. The molecule has 0 aliphatic carbocycles. The second kappa shape index (κ2) is 10.1. The van der Waals surface area contributed by atoms with Gasteiger partial charge in [0.05, 0.1) is 7.11 Å². The lowest BCUT2D eigenvalue weighted by molar-refractivity contribution is -0.127. The molecule has 2 N–H and O–H groups in total. The zero-order chi connectivity index (χ0) is 20.2. The predicted octanol–water partition coefficient (Wildman–Crippen LogP) is 2.99. The van der Waals surface area contributed by atoms with Crippen LogP contribution >= 0.6 is 12.4 Å². The van der Waals surface area contributed by atoms with Gasteiger partial charge in [0.1, 0.15) is 5.75 Å². The summed E-state index contributed by atoms with van der Waals surface area (Å²) in [5, 5.41) is 8.36. The lowest BCUT2D eigenvalue weighted by atomic mass is 9.94. The Morgan fingerprint density at radius 2 is 1.80 bits per heavy atom. The van der Waals surface area contributed by atoms with Crippen LogP contribution in [0.5, 0.6) is 5.75 Å². The molecule has 2 saturated heterocycles. The molecule has 0 bridgehead atoms. The molecule has 2 heterocycles. The van der Waals surface area contributed by atoms with Gasteiger partial charge in [0.25, 0.3) is 5.91 Å². The summed E-state index contributed by atoms with van der Waals surface area (Å²) in [6.07, 6.45) is 3.58. The average Bonchev–Trinajstić information content (AvgIpc) is 2.78. The van der Waals surface area contributed by atoms with E-state index in [0.717, 1.165) is 42.5 Å². The van der Waals surface area contributed by atoms with Crippen LogP contribution < -0.4 is 15.4 Å². The first-order valence-corrected chi connectivity index (χ1v) is 10.5. The van der Waals surface area contributed by atoms with Gasteiger partial charge in [-0.3, -0.25) is 9.59 Å². The fourth-order valence-electron chi connectivity index (χ4n) is 4.45. The van der Waals surface area contributed by atoms with Crippen molar-refractivity contribution in [1.29, 1.82) is 0 Å². The number of benzene rings is 2. The summed E-state index contributed by atoms with van der Waals surface area (Å²) in [7, 11) is 1.64. The number of nitrogens with one attached hydrogen (secondary N) is 2. The van der Waals surface area contributed by atoms with Crippen LogP contribution in [0, 0.1) is 5.92 Å². The molecule has 0 spiro atoms. The molecule has 0 unspecified atom stereocenters. The van der Waals surface area contributed by atoms with Gasteiger partial charge in [-0.25, -0.2) is 0 Å². The van der Waals surface area contributed by atoms with Crippen molar-refractivity contribution in [1.82, 2.24) is 15.5 Å². The van der Waals surface area contributed by atoms with E-state index in [0.29, 0.717) is 31.5 Å². The van der Waals surface area contributed by atoms with Crippen molar-refractivity contribution in [2.45, 2.75) is 31.7 Å². The third-order valence-corrected chi connectivity index (χ3v) is 6.13. The van der Waals surface area contributed by atoms with Crippen molar-refractivity contribution in [3.05, 3.63) is 42.0 Å². The van der Waals surface area contributed by atoms with Gasteiger partial charge in [-0.2, -0.15) is 0 Å². The van der Waals surface area contributed by atoms with Crippen molar-refractivity contribution in [2.75, 3.05) is 33.3 Å². The first-order valence-electron chi connectivity index (χ1n) is 10.5. The molecule has 2 amide bonds. The number of halogens is 1. The van der Waals surface area contributed by atoms with E-state index in [4.69, 9.17) is 4.74 Å². The zero-order valence-electron chi connectivity index (χ0n) is 17.4. The van der Waals surface area contributed by atoms with Gasteiger partial charge in [0.2, 0.25) is 5.91 Å². The van der Waals surface area contributed by atoms with E-state index in [1.807, 2.05) is 41.3 Å². The van der Waals surface area contributed by atoms with E-state index < -0.39 is 0 Å². The van der Waals surface area contributed by atoms with Crippen LogP contribution in [0.4, 0.5) is 0 Å². The third kappa shape index (κ3) is 4.71.